The van der Waals surface area contributed by atoms with Crippen LogP contribution >= 0.6 is 11.6 Å². The van der Waals surface area contributed by atoms with Crippen LogP contribution in [0.2, 0.25) is 5.02 Å². The lowest BCUT2D eigenvalue weighted by Gasteiger charge is -2.16. The number of hydrogen-bond donors (Lipinski definition) is 1. The van der Waals surface area contributed by atoms with Crippen molar-refractivity contribution in [1.29, 1.82) is 0 Å². The number of pyridine rings is 1. The van der Waals surface area contributed by atoms with Crippen LogP contribution in [0.3, 0.4) is 0 Å². The molecule has 1 aromatic heterocycles. The van der Waals surface area contributed by atoms with Crippen LogP contribution in [0.25, 0.3) is 0 Å². The number of rotatable bonds is 4. The van der Waals surface area contributed by atoms with Crippen molar-refractivity contribution in [2.75, 3.05) is 7.05 Å². The summed E-state index contributed by atoms with van der Waals surface area (Å²) in [6, 6.07) is 10.6. The van der Waals surface area contributed by atoms with Gasteiger partial charge in [0.05, 0.1) is 16.8 Å². The minimum absolute atomic E-state index is 0.0190. The van der Waals surface area contributed by atoms with Crippen molar-refractivity contribution in [2.45, 2.75) is 12.5 Å². The Labute approximate surface area is 111 Å². The van der Waals surface area contributed by atoms with Gasteiger partial charge in [0.1, 0.15) is 5.82 Å². The zero-order valence-corrected chi connectivity index (χ0v) is 10.8. The first-order valence-corrected chi connectivity index (χ1v) is 6.11. The highest BCUT2D eigenvalue weighted by molar-refractivity contribution is 6.31. The Bertz CT molecular complexity index is 516. The molecule has 0 saturated heterocycles. The van der Waals surface area contributed by atoms with Crippen molar-refractivity contribution in [3.63, 3.8) is 0 Å². The average molecular weight is 265 g/mol. The molecular weight excluding hydrogens is 251 g/mol. The van der Waals surface area contributed by atoms with Gasteiger partial charge in [-0.15, -0.1) is 0 Å². The highest BCUT2D eigenvalue weighted by Crippen LogP contribution is 2.24. The molecule has 1 aromatic carbocycles. The first-order chi connectivity index (χ1) is 8.72. The van der Waals surface area contributed by atoms with Crippen LogP contribution in [0.4, 0.5) is 4.39 Å². The number of hydrogen-bond acceptors (Lipinski definition) is 2. The lowest BCUT2D eigenvalue weighted by molar-refractivity contribution is 0.570. The normalized spacial score (nSPS) is 12.4. The summed E-state index contributed by atoms with van der Waals surface area (Å²) in [5.41, 5.74) is 1.70. The number of halogens is 2. The van der Waals surface area contributed by atoms with Gasteiger partial charge in [0.25, 0.3) is 0 Å². The Morgan fingerprint density at radius 1 is 1.28 bits per heavy atom. The molecule has 1 heterocycles. The van der Waals surface area contributed by atoms with Gasteiger partial charge in [-0.25, -0.2) is 4.39 Å². The molecule has 1 unspecified atom stereocenters. The molecule has 1 atom stereocenters. The van der Waals surface area contributed by atoms with Crippen LogP contribution in [0.5, 0.6) is 0 Å². The molecular formula is C14H14ClFN2. The third-order valence-corrected chi connectivity index (χ3v) is 3.27. The molecule has 0 aliphatic carbocycles. The first-order valence-electron chi connectivity index (χ1n) is 5.73. The largest absolute Gasteiger partial charge is 0.311 e. The molecule has 4 heteroatoms. The van der Waals surface area contributed by atoms with E-state index < -0.39 is 0 Å². The van der Waals surface area contributed by atoms with Gasteiger partial charge < -0.3 is 5.32 Å². The monoisotopic (exact) mass is 264 g/mol. The maximum absolute atomic E-state index is 13.4. The molecule has 0 radical (unpaired) electrons. The third kappa shape index (κ3) is 2.86. The molecule has 2 aromatic rings. The van der Waals surface area contributed by atoms with Crippen molar-refractivity contribution in [3.8, 4) is 0 Å². The van der Waals surface area contributed by atoms with Crippen LogP contribution in [0, 0.1) is 5.82 Å². The topological polar surface area (TPSA) is 24.9 Å². The quantitative estimate of drug-likeness (QED) is 0.916. The van der Waals surface area contributed by atoms with E-state index in [2.05, 4.69) is 10.3 Å². The predicted octanol–water partition coefficient (Wildman–Crippen LogP) is 3.38. The summed E-state index contributed by atoms with van der Waals surface area (Å²) in [5.74, 6) is -0.384. The van der Waals surface area contributed by atoms with Crippen molar-refractivity contribution >= 4 is 11.6 Å². The summed E-state index contributed by atoms with van der Waals surface area (Å²) in [7, 11) is 1.85. The molecule has 0 spiro atoms. The van der Waals surface area contributed by atoms with E-state index in [1.165, 1.54) is 6.07 Å². The molecule has 0 bridgehead atoms. The third-order valence-electron chi connectivity index (χ3n) is 2.85. The second-order valence-corrected chi connectivity index (χ2v) is 4.39. The highest BCUT2D eigenvalue weighted by Gasteiger charge is 2.14. The fourth-order valence-electron chi connectivity index (χ4n) is 1.86. The van der Waals surface area contributed by atoms with Crippen molar-refractivity contribution < 1.29 is 4.39 Å². The molecule has 2 nitrogen and oxygen atoms in total. The van der Waals surface area contributed by atoms with Crippen LogP contribution in [-0.4, -0.2) is 12.0 Å². The standard InChI is InChI=1S/C14H14ClFN2/c1-17-13(12-7-2-3-8-18-12)9-10-5-4-6-11(16)14(10)15/h2-8,13,17H,9H2,1H3. The summed E-state index contributed by atoms with van der Waals surface area (Å²) >= 11 is 5.96. The molecule has 2 rings (SSSR count). The summed E-state index contributed by atoms with van der Waals surface area (Å²) in [4.78, 5) is 4.30. The fourth-order valence-corrected chi connectivity index (χ4v) is 2.07. The van der Waals surface area contributed by atoms with Crippen LogP contribution in [0.1, 0.15) is 17.3 Å². The van der Waals surface area contributed by atoms with Gasteiger partial charge in [-0.1, -0.05) is 29.8 Å². The summed E-state index contributed by atoms with van der Waals surface area (Å²) < 4.78 is 13.4. The molecule has 0 saturated carbocycles. The van der Waals surface area contributed by atoms with E-state index >= 15 is 0 Å². The number of aromatic nitrogens is 1. The maximum Gasteiger partial charge on any atom is 0.142 e. The minimum atomic E-state index is -0.384. The van der Waals surface area contributed by atoms with E-state index in [1.807, 2.05) is 31.3 Å². The van der Waals surface area contributed by atoms with Crippen molar-refractivity contribution in [3.05, 3.63) is 64.7 Å². The van der Waals surface area contributed by atoms with E-state index in [9.17, 15) is 4.39 Å². The molecule has 0 aliphatic rings. The second kappa shape index (κ2) is 5.94. The number of nitrogens with zero attached hydrogens (tertiary/aromatic N) is 1. The highest BCUT2D eigenvalue weighted by atomic mass is 35.5. The van der Waals surface area contributed by atoms with E-state index in [1.54, 1.807) is 12.3 Å². The zero-order valence-electron chi connectivity index (χ0n) is 10.0. The van der Waals surface area contributed by atoms with Gasteiger partial charge in [0, 0.05) is 6.20 Å². The SMILES string of the molecule is CNC(Cc1cccc(F)c1Cl)c1ccccn1. The zero-order chi connectivity index (χ0) is 13.0. The van der Waals surface area contributed by atoms with E-state index in [0.29, 0.717) is 6.42 Å². The molecule has 0 amide bonds. The van der Waals surface area contributed by atoms with E-state index in [0.717, 1.165) is 11.3 Å². The maximum atomic E-state index is 13.4. The first kappa shape index (κ1) is 13.0. The molecule has 0 fully saturated rings. The van der Waals surface area contributed by atoms with Gasteiger partial charge in [-0.3, -0.25) is 4.98 Å². The van der Waals surface area contributed by atoms with Crippen molar-refractivity contribution in [1.82, 2.24) is 10.3 Å². The fraction of sp³-hybridized carbons (Fsp3) is 0.214. The molecule has 94 valence electrons. The van der Waals surface area contributed by atoms with Gasteiger partial charge in [-0.2, -0.15) is 0 Å². The van der Waals surface area contributed by atoms with Gasteiger partial charge in [-0.05, 0) is 37.2 Å². The Kier molecular flexibility index (Phi) is 4.28. The second-order valence-electron chi connectivity index (χ2n) is 4.01. The summed E-state index contributed by atoms with van der Waals surface area (Å²) in [6.45, 7) is 0. The number of benzene rings is 1. The molecule has 1 N–H and O–H groups in total. The Balaban J connectivity index is 2.24. The van der Waals surface area contributed by atoms with Crippen molar-refractivity contribution in [2.24, 2.45) is 0 Å². The van der Waals surface area contributed by atoms with Gasteiger partial charge in [0.2, 0.25) is 0 Å². The predicted molar refractivity (Wildman–Crippen MR) is 71.2 cm³/mol. The Morgan fingerprint density at radius 3 is 2.78 bits per heavy atom. The molecule has 0 aliphatic heterocycles. The summed E-state index contributed by atoms with van der Waals surface area (Å²) in [5, 5.41) is 3.36. The van der Waals surface area contributed by atoms with Crippen LogP contribution in [0.15, 0.2) is 42.6 Å². The Morgan fingerprint density at radius 2 is 2.11 bits per heavy atom. The van der Waals surface area contributed by atoms with E-state index in [4.69, 9.17) is 11.6 Å². The van der Waals surface area contributed by atoms with E-state index in [-0.39, 0.29) is 16.9 Å². The number of nitrogens with one attached hydrogen (secondary N) is 1. The number of likely N-dealkylation sites (N-methyl/N-ethyl adjacent to an activating group) is 1. The minimum Gasteiger partial charge on any atom is -0.311 e. The van der Waals surface area contributed by atoms with Crippen LogP contribution < -0.4 is 5.32 Å². The summed E-state index contributed by atoms with van der Waals surface area (Å²) in [6.07, 6.45) is 2.34. The lowest BCUT2D eigenvalue weighted by Crippen LogP contribution is -2.20. The molecule has 18 heavy (non-hydrogen) atoms. The average Bonchev–Trinajstić information content (AvgIpc) is 2.41. The Hall–Kier alpha value is -1.45. The van der Waals surface area contributed by atoms with Crippen LogP contribution in [-0.2, 0) is 6.42 Å². The van der Waals surface area contributed by atoms with Gasteiger partial charge in [0.15, 0.2) is 0 Å². The van der Waals surface area contributed by atoms with Gasteiger partial charge >= 0.3 is 0 Å². The lowest BCUT2D eigenvalue weighted by atomic mass is 10.0. The smallest absolute Gasteiger partial charge is 0.142 e.